The number of pyridine rings is 1. The lowest BCUT2D eigenvalue weighted by molar-refractivity contribution is -0.142. The van der Waals surface area contributed by atoms with Gasteiger partial charge in [0.1, 0.15) is 17.7 Å². The topological polar surface area (TPSA) is 113 Å². The van der Waals surface area contributed by atoms with Crippen LogP contribution in [-0.4, -0.2) is 72.9 Å². The Morgan fingerprint density at radius 2 is 1.81 bits per heavy atom. The quantitative estimate of drug-likeness (QED) is 0.395. The number of nitrogens with one attached hydrogen (secondary N) is 1. The van der Waals surface area contributed by atoms with Crippen LogP contribution in [0.5, 0.6) is 0 Å². The monoisotopic (exact) mass is 579 g/mol. The number of hydrogen-bond donors (Lipinski definition) is 1. The van der Waals surface area contributed by atoms with Gasteiger partial charge in [-0.25, -0.2) is 9.67 Å². The summed E-state index contributed by atoms with van der Waals surface area (Å²) >= 11 is 0. The van der Waals surface area contributed by atoms with Gasteiger partial charge >= 0.3 is 0 Å². The lowest BCUT2D eigenvalue weighted by atomic mass is 9.99. The van der Waals surface area contributed by atoms with Crippen molar-refractivity contribution in [1.29, 1.82) is 0 Å². The molecule has 0 unspecified atom stereocenters. The summed E-state index contributed by atoms with van der Waals surface area (Å²) in [5.74, 6) is 0.944. The predicted molar refractivity (Wildman–Crippen MR) is 162 cm³/mol. The van der Waals surface area contributed by atoms with Gasteiger partial charge in [0, 0.05) is 43.2 Å². The summed E-state index contributed by atoms with van der Waals surface area (Å²) in [5, 5.41) is 8.82. The fraction of sp³-hybridized carbons (Fsp3) is 0.394. The number of benzene rings is 2. The van der Waals surface area contributed by atoms with Crippen LogP contribution in [0.25, 0.3) is 10.9 Å². The average Bonchev–Trinajstić information content (AvgIpc) is 3.41. The largest absolute Gasteiger partial charge is 0.344 e. The predicted octanol–water partition coefficient (Wildman–Crippen LogP) is 3.85. The third-order valence-corrected chi connectivity index (χ3v) is 8.38. The summed E-state index contributed by atoms with van der Waals surface area (Å²) in [4.78, 5) is 53.7. The van der Waals surface area contributed by atoms with Crippen LogP contribution >= 0.6 is 0 Å². The molecule has 1 saturated heterocycles. The minimum Gasteiger partial charge on any atom is -0.344 e. The molecule has 2 aromatic heterocycles. The van der Waals surface area contributed by atoms with E-state index >= 15 is 0 Å². The van der Waals surface area contributed by atoms with Gasteiger partial charge in [0.25, 0.3) is 5.91 Å². The summed E-state index contributed by atoms with van der Waals surface area (Å²) < 4.78 is 1.82. The van der Waals surface area contributed by atoms with Gasteiger partial charge in [0.2, 0.25) is 11.8 Å². The van der Waals surface area contributed by atoms with Gasteiger partial charge in [-0.3, -0.25) is 19.4 Å². The van der Waals surface area contributed by atoms with Crippen molar-refractivity contribution in [3.05, 3.63) is 89.6 Å². The number of rotatable bonds is 3. The van der Waals surface area contributed by atoms with Crippen LogP contribution in [0.1, 0.15) is 65.7 Å². The van der Waals surface area contributed by atoms with E-state index in [0.29, 0.717) is 62.7 Å². The highest BCUT2D eigenvalue weighted by atomic mass is 16.2. The second kappa shape index (κ2) is 12.7. The Labute approximate surface area is 251 Å². The van der Waals surface area contributed by atoms with Crippen molar-refractivity contribution < 1.29 is 14.4 Å². The number of aryl methyl sites for hydroxylation is 1. The molecule has 3 amide bonds. The molecular weight excluding hydrogens is 542 g/mol. The molecule has 0 saturated carbocycles. The second-order valence-corrected chi connectivity index (χ2v) is 11.4. The molecule has 4 heterocycles. The molecule has 222 valence electrons. The molecule has 4 aromatic rings. The fourth-order valence-corrected chi connectivity index (χ4v) is 6.21. The number of carbonyl (C=O) groups excluding carboxylic acids is 3. The molecule has 2 aliphatic heterocycles. The van der Waals surface area contributed by atoms with E-state index in [1.807, 2.05) is 72.3 Å². The van der Waals surface area contributed by atoms with Gasteiger partial charge in [0.05, 0.1) is 18.1 Å². The van der Waals surface area contributed by atoms with Crippen LogP contribution in [0.2, 0.25) is 0 Å². The van der Waals surface area contributed by atoms with Gasteiger partial charge < -0.3 is 15.1 Å². The van der Waals surface area contributed by atoms with Crippen molar-refractivity contribution >= 4 is 28.6 Å². The van der Waals surface area contributed by atoms with Crippen LogP contribution < -0.4 is 5.32 Å². The molecule has 6 rings (SSSR count). The van der Waals surface area contributed by atoms with Crippen molar-refractivity contribution in [2.75, 3.05) is 19.6 Å². The Hall–Kier alpha value is -4.60. The van der Waals surface area contributed by atoms with Crippen LogP contribution in [0.4, 0.5) is 0 Å². The van der Waals surface area contributed by atoms with E-state index in [9.17, 15) is 14.4 Å². The van der Waals surface area contributed by atoms with Gasteiger partial charge in [-0.2, -0.15) is 5.10 Å². The molecular formula is C33H37N7O3. The standard InChI is InChI=1S/C33H37N7O3/c1-23-35-31-28(21-24-9-3-2-4-10-24)36-32(42)29-12-5-6-18-39(29)30(41)13-8-17-38(19-20-40(31)37-23)33(43)26-14-15-27-25(22-26)11-7-16-34-27/h2-4,7,9-11,14-16,22,28-29H,5-6,8,12-13,17-21H2,1H3,(H,36,42)/t28-,29+/m1/s1. The molecule has 2 atom stereocenters. The van der Waals surface area contributed by atoms with Crippen LogP contribution in [0, 0.1) is 6.92 Å². The lowest BCUT2D eigenvalue weighted by Crippen LogP contribution is -2.53. The second-order valence-electron chi connectivity index (χ2n) is 11.4. The lowest BCUT2D eigenvalue weighted by Gasteiger charge is -2.36. The van der Waals surface area contributed by atoms with E-state index in [1.54, 1.807) is 16.0 Å². The molecule has 43 heavy (non-hydrogen) atoms. The van der Waals surface area contributed by atoms with E-state index in [-0.39, 0.29) is 24.1 Å². The van der Waals surface area contributed by atoms with Gasteiger partial charge in [-0.1, -0.05) is 36.4 Å². The molecule has 1 fully saturated rings. The normalized spacial score (nSPS) is 20.2. The van der Waals surface area contributed by atoms with E-state index in [4.69, 9.17) is 4.98 Å². The first kappa shape index (κ1) is 28.5. The first-order valence-corrected chi connectivity index (χ1v) is 15.2. The van der Waals surface area contributed by atoms with Crippen molar-refractivity contribution in [3.8, 4) is 0 Å². The number of hydrogen-bond acceptors (Lipinski definition) is 6. The average molecular weight is 580 g/mol. The minimum absolute atomic E-state index is 0.0419. The molecule has 10 nitrogen and oxygen atoms in total. The molecule has 0 aliphatic carbocycles. The maximum atomic E-state index is 13.9. The number of piperidine rings is 1. The van der Waals surface area contributed by atoms with Crippen LogP contribution in [0.15, 0.2) is 66.9 Å². The number of nitrogens with zero attached hydrogens (tertiary/aromatic N) is 6. The van der Waals surface area contributed by atoms with Crippen LogP contribution in [-0.2, 0) is 22.6 Å². The van der Waals surface area contributed by atoms with E-state index in [1.165, 1.54) is 0 Å². The Balaban J connectivity index is 1.34. The molecule has 0 radical (unpaired) electrons. The highest BCUT2D eigenvalue weighted by Gasteiger charge is 2.34. The summed E-state index contributed by atoms with van der Waals surface area (Å²) in [6.45, 7) is 3.59. The zero-order valence-corrected chi connectivity index (χ0v) is 24.5. The number of carbonyl (C=O) groups is 3. The van der Waals surface area contributed by atoms with E-state index in [2.05, 4.69) is 15.4 Å². The zero-order valence-electron chi connectivity index (χ0n) is 24.5. The first-order chi connectivity index (χ1) is 21.0. The molecule has 0 bridgehead atoms. The van der Waals surface area contributed by atoms with Crippen molar-refractivity contribution in [2.24, 2.45) is 0 Å². The van der Waals surface area contributed by atoms with E-state index < -0.39 is 12.1 Å². The summed E-state index contributed by atoms with van der Waals surface area (Å²) in [6, 6.07) is 18.3. The number of fused-ring (bicyclic) bond motifs is 3. The molecule has 2 aromatic carbocycles. The highest BCUT2D eigenvalue weighted by molar-refractivity contribution is 5.98. The van der Waals surface area contributed by atoms with Gasteiger partial charge in [-0.05, 0) is 68.9 Å². The Morgan fingerprint density at radius 1 is 0.953 bits per heavy atom. The first-order valence-electron chi connectivity index (χ1n) is 15.2. The fourth-order valence-electron chi connectivity index (χ4n) is 6.21. The Kier molecular flexibility index (Phi) is 8.44. The van der Waals surface area contributed by atoms with E-state index in [0.717, 1.165) is 29.3 Å². The molecule has 1 N–H and O–H groups in total. The smallest absolute Gasteiger partial charge is 0.253 e. The Morgan fingerprint density at radius 3 is 2.67 bits per heavy atom. The van der Waals surface area contributed by atoms with Crippen molar-refractivity contribution in [2.45, 2.75) is 64.1 Å². The third-order valence-electron chi connectivity index (χ3n) is 8.38. The minimum atomic E-state index is -0.524. The highest BCUT2D eigenvalue weighted by Crippen LogP contribution is 2.24. The van der Waals surface area contributed by atoms with Gasteiger partial charge in [0.15, 0.2) is 0 Å². The van der Waals surface area contributed by atoms with Crippen LogP contribution in [0.3, 0.4) is 0 Å². The molecule has 0 spiro atoms. The Bertz CT molecular complexity index is 1620. The summed E-state index contributed by atoms with van der Waals surface area (Å²) in [5.41, 5.74) is 2.46. The summed E-state index contributed by atoms with van der Waals surface area (Å²) in [6.07, 6.45) is 5.44. The maximum absolute atomic E-state index is 13.9. The number of aromatic nitrogens is 4. The summed E-state index contributed by atoms with van der Waals surface area (Å²) in [7, 11) is 0. The molecule has 2 aliphatic rings. The third kappa shape index (κ3) is 6.43. The van der Waals surface area contributed by atoms with Crippen molar-refractivity contribution in [3.63, 3.8) is 0 Å². The van der Waals surface area contributed by atoms with Crippen molar-refractivity contribution in [1.82, 2.24) is 34.9 Å². The maximum Gasteiger partial charge on any atom is 0.253 e. The van der Waals surface area contributed by atoms with Gasteiger partial charge in [-0.15, -0.1) is 0 Å². The zero-order chi connectivity index (χ0) is 29.8. The molecule has 10 heteroatoms. The number of amides is 3. The SMILES string of the molecule is Cc1nc2n(n1)CCN(C(=O)c1ccc3ncccc3c1)CCCC(=O)N1CCCC[C@H]1C(=O)N[C@@H]2Cc1ccccc1.